The van der Waals surface area contributed by atoms with E-state index in [0.717, 1.165) is 12.8 Å². The standard InChI is InChI=1S/C22H22FNO5/c1-28-16-10-8-15(9-11-16)20(26)24-19(25)14-29-21(27)22(12-4-5-13-22)17-6-2-3-7-18(17)23/h2-3,6-11H,4-5,12-14H2,1H3,(H,24,25,26). The molecule has 0 saturated heterocycles. The van der Waals surface area contributed by atoms with Crippen LogP contribution in [0.15, 0.2) is 48.5 Å². The Hall–Kier alpha value is -3.22. The summed E-state index contributed by atoms with van der Waals surface area (Å²) < 4.78 is 24.5. The predicted molar refractivity (Wildman–Crippen MR) is 103 cm³/mol. The minimum atomic E-state index is -1.09. The predicted octanol–water partition coefficient (Wildman–Crippen LogP) is 3.15. The molecule has 1 aliphatic rings. The van der Waals surface area contributed by atoms with E-state index in [4.69, 9.17) is 9.47 Å². The number of imide groups is 1. The first kappa shape index (κ1) is 20.5. The topological polar surface area (TPSA) is 81.7 Å². The first-order valence-corrected chi connectivity index (χ1v) is 9.37. The minimum Gasteiger partial charge on any atom is -0.497 e. The average molecular weight is 399 g/mol. The lowest BCUT2D eigenvalue weighted by atomic mass is 9.78. The minimum absolute atomic E-state index is 0.268. The summed E-state index contributed by atoms with van der Waals surface area (Å²) in [4.78, 5) is 37.0. The van der Waals surface area contributed by atoms with Crippen molar-refractivity contribution in [3.63, 3.8) is 0 Å². The lowest BCUT2D eigenvalue weighted by Crippen LogP contribution is -2.39. The Labute approximate surface area is 168 Å². The Bertz CT molecular complexity index is 904. The van der Waals surface area contributed by atoms with Crippen LogP contribution in [0, 0.1) is 5.82 Å². The first-order chi connectivity index (χ1) is 14.0. The van der Waals surface area contributed by atoms with Gasteiger partial charge in [-0.2, -0.15) is 0 Å². The number of ether oxygens (including phenoxy) is 2. The molecule has 152 valence electrons. The Balaban J connectivity index is 1.62. The number of nitrogens with one attached hydrogen (secondary N) is 1. The molecule has 0 aliphatic heterocycles. The zero-order valence-corrected chi connectivity index (χ0v) is 16.1. The molecule has 29 heavy (non-hydrogen) atoms. The highest BCUT2D eigenvalue weighted by atomic mass is 19.1. The van der Waals surface area contributed by atoms with Crippen LogP contribution in [0.4, 0.5) is 4.39 Å². The van der Waals surface area contributed by atoms with E-state index in [2.05, 4.69) is 5.32 Å². The van der Waals surface area contributed by atoms with Gasteiger partial charge in [-0.3, -0.25) is 19.7 Å². The third-order valence-electron chi connectivity index (χ3n) is 5.18. The van der Waals surface area contributed by atoms with Crippen LogP contribution in [-0.4, -0.2) is 31.5 Å². The number of carbonyl (C=O) groups is 3. The molecule has 0 heterocycles. The second-order valence-corrected chi connectivity index (χ2v) is 6.95. The third-order valence-corrected chi connectivity index (χ3v) is 5.18. The van der Waals surface area contributed by atoms with E-state index in [0.29, 0.717) is 18.6 Å². The quantitative estimate of drug-likeness (QED) is 0.755. The Kier molecular flexibility index (Phi) is 6.26. The molecule has 0 bridgehead atoms. The van der Waals surface area contributed by atoms with Crippen LogP contribution >= 0.6 is 0 Å². The fraction of sp³-hybridized carbons (Fsp3) is 0.318. The molecule has 1 N–H and O–H groups in total. The fourth-order valence-corrected chi connectivity index (χ4v) is 3.66. The zero-order chi connectivity index (χ0) is 20.9. The molecular weight excluding hydrogens is 377 g/mol. The second kappa shape index (κ2) is 8.86. The average Bonchev–Trinajstić information content (AvgIpc) is 3.23. The second-order valence-electron chi connectivity index (χ2n) is 6.95. The molecule has 2 aromatic carbocycles. The van der Waals surface area contributed by atoms with Crippen LogP contribution in [0.25, 0.3) is 0 Å². The maximum atomic E-state index is 14.3. The maximum Gasteiger partial charge on any atom is 0.317 e. The number of methoxy groups -OCH3 is 1. The molecule has 1 fully saturated rings. The molecule has 0 radical (unpaired) electrons. The summed E-state index contributed by atoms with van der Waals surface area (Å²) in [6.07, 6.45) is 2.45. The molecule has 0 unspecified atom stereocenters. The van der Waals surface area contributed by atoms with Crippen molar-refractivity contribution in [2.75, 3.05) is 13.7 Å². The highest BCUT2D eigenvalue weighted by molar-refractivity contribution is 6.05. The van der Waals surface area contributed by atoms with Crippen molar-refractivity contribution in [3.05, 3.63) is 65.5 Å². The highest BCUT2D eigenvalue weighted by Crippen LogP contribution is 2.43. The molecule has 7 heteroatoms. The maximum absolute atomic E-state index is 14.3. The Morgan fingerprint density at radius 1 is 1.03 bits per heavy atom. The van der Waals surface area contributed by atoms with E-state index < -0.39 is 35.6 Å². The number of hydrogen-bond donors (Lipinski definition) is 1. The van der Waals surface area contributed by atoms with Gasteiger partial charge in [-0.15, -0.1) is 0 Å². The zero-order valence-electron chi connectivity index (χ0n) is 16.1. The van der Waals surface area contributed by atoms with E-state index >= 15 is 0 Å². The van der Waals surface area contributed by atoms with Gasteiger partial charge in [-0.25, -0.2) is 4.39 Å². The lowest BCUT2D eigenvalue weighted by Gasteiger charge is -2.27. The van der Waals surface area contributed by atoms with Gasteiger partial charge in [0.15, 0.2) is 6.61 Å². The van der Waals surface area contributed by atoms with Crippen LogP contribution in [0.2, 0.25) is 0 Å². The first-order valence-electron chi connectivity index (χ1n) is 9.37. The summed E-state index contributed by atoms with van der Waals surface area (Å²) in [5, 5.41) is 2.17. The molecule has 3 rings (SSSR count). The van der Waals surface area contributed by atoms with Gasteiger partial charge in [0.1, 0.15) is 11.6 Å². The summed E-state index contributed by atoms with van der Waals surface area (Å²) in [6, 6.07) is 12.3. The van der Waals surface area contributed by atoms with Gasteiger partial charge < -0.3 is 9.47 Å². The van der Waals surface area contributed by atoms with Crippen molar-refractivity contribution in [2.45, 2.75) is 31.1 Å². The van der Waals surface area contributed by atoms with E-state index in [1.165, 1.54) is 25.3 Å². The van der Waals surface area contributed by atoms with Crippen molar-refractivity contribution in [1.29, 1.82) is 0 Å². The van der Waals surface area contributed by atoms with Crippen LogP contribution in [-0.2, 0) is 19.7 Å². The number of carbonyl (C=O) groups excluding carboxylic acids is 3. The number of hydrogen-bond acceptors (Lipinski definition) is 5. The number of amides is 2. The lowest BCUT2D eigenvalue weighted by molar-refractivity contribution is -0.154. The molecule has 2 amide bonds. The molecule has 1 saturated carbocycles. The highest BCUT2D eigenvalue weighted by Gasteiger charge is 2.46. The van der Waals surface area contributed by atoms with Crippen LogP contribution in [0.5, 0.6) is 5.75 Å². The number of halogens is 1. The van der Waals surface area contributed by atoms with Crippen molar-refractivity contribution in [2.24, 2.45) is 0 Å². The summed E-state index contributed by atoms with van der Waals surface area (Å²) in [5.74, 6) is -1.89. The summed E-state index contributed by atoms with van der Waals surface area (Å²) in [7, 11) is 1.51. The van der Waals surface area contributed by atoms with Crippen LogP contribution in [0.3, 0.4) is 0 Å². The van der Waals surface area contributed by atoms with Crippen LogP contribution in [0.1, 0.15) is 41.6 Å². The summed E-state index contributed by atoms with van der Waals surface area (Å²) in [6.45, 7) is -0.614. The summed E-state index contributed by atoms with van der Waals surface area (Å²) >= 11 is 0. The monoisotopic (exact) mass is 399 g/mol. The van der Waals surface area contributed by atoms with Gasteiger partial charge in [0, 0.05) is 11.1 Å². The van der Waals surface area contributed by atoms with E-state index in [1.807, 2.05) is 0 Å². The number of benzene rings is 2. The van der Waals surface area contributed by atoms with E-state index in [1.54, 1.807) is 30.3 Å². The number of rotatable bonds is 6. The van der Waals surface area contributed by atoms with Crippen molar-refractivity contribution >= 4 is 17.8 Å². The SMILES string of the molecule is COc1ccc(C(=O)NC(=O)COC(=O)C2(c3ccccc3F)CCCC2)cc1. The molecule has 0 aromatic heterocycles. The Morgan fingerprint density at radius 3 is 2.31 bits per heavy atom. The molecule has 2 aromatic rings. The van der Waals surface area contributed by atoms with Gasteiger partial charge >= 0.3 is 5.97 Å². The van der Waals surface area contributed by atoms with Gasteiger partial charge in [0.25, 0.3) is 11.8 Å². The van der Waals surface area contributed by atoms with Gasteiger partial charge in [0.2, 0.25) is 0 Å². The van der Waals surface area contributed by atoms with E-state index in [-0.39, 0.29) is 11.1 Å². The molecule has 0 atom stereocenters. The van der Waals surface area contributed by atoms with Crippen molar-refractivity contribution in [1.82, 2.24) is 5.32 Å². The van der Waals surface area contributed by atoms with Crippen molar-refractivity contribution < 1.29 is 28.2 Å². The Morgan fingerprint density at radius 2 is 1.69 bits per heavy atom. The third kappa shape index (κ3) is 4.45. The molecular formula is C22H22FNO5. The van der Waals surface area contributed by atoms with E-state index in [9.17, 15) is 18.8 Å². The molecule has 0 spiro atoms. The fourth-order valence-electron chi connectivity index (χ4n) is 3.66. The van der Waals surface area contributed by atoms with Crippen LogP contribution < -0.4 is 10.1 Å². The smallest absolute Gasteiger partial charge is 0.317 e. The largest absolute Gasteiger partial charge is 0.497 e. The molecule has 1 aliphatic carbocycles. The van der Waals surface area contributed by atoms with Gasteiger partial charge in [-0.1, -0.05) is 31.0 Å². The van der Waals surface area contributed by atoms with Gasteiger partial charge in [-0.05, 0) is 43.2 Å². The molecule has 6 nitrogen and oxygen atoms in total. The van der Waals surface area contributed by atoms with Crippen molar-refractivity contribution in [3.8, 4) is 5.75 Å². The summed E-state index contributed by atoms with van der Waals surface area (Å²) in [5.41, 5.74) is -0.535. The van der Waals surface area contributed by atoms with Gasteiger partial charge in [0.05, 0.1) is 12.5 Å². The normalized spacial score (nSPS) is 14.8. The number of esters is 1.